The number of aromatic nitrogens is 2. The molecule has 7 heteroatoms. The quantitative estimate of drug-likeness (QED) is 0.876. The van der Waals surface area contributed by atoms with Gasteiger partial charge >= 0.3 is 0 Å². The maximum absolute atomic E-state index is 12.6. The van der Waals surface area contributed by atoms with E-state index < -0.39 is 0 Å². The number of morpholine rings is 1. The van der Waals surface area contributed by atoms with E-state index in [0.717, 1.165) is 48.6 Å². The summed E-state index contributed by atoms with van der Waals surface area (Å²) in [5, 5.41) is 7.06. The number of likely N-dealkylation sites (tertiary alicyclic amines) is 1. The molecule has 0 radical (unpaired) electrons. The van der Waals surface area contributed by atoms with Gasteiger partial charge in [0.15, 0.2) is 0 Å². The Morgan fingerprint density at radius 3 is 3.00 bits per heavy atom. The Kier molecular flexibility index (Phi) is 4.74. The summed E-state index contributed by atoms with van der Waals surface area (Å²) in [5.41, 5.74) is 3.08. The van der Waals surface area contributed by atoms with Crippen LogP contribution in [0, 0.1) is 19.8 Å². The third kappa shape index (κ3) is 3.50. The lowest BCUT2D eigenvalue weighted by Gasteiger charge is -2.32. The number of nitrogens with one attached hydrogen (secondary N) is 1. The molecule has 26 heavy (non-hydrogen) atoms. The van der Waals surface area contributed by atoms with Crippen molar-refractivity contribution >= 4 is 5.91 Å². The van der Waals surface area contributed by atoms with Crippen molar-refractivity contribution in [2.45, 2.75) is 45.6 Å². The van der Waals surface area contributed by atoms with E-state index in [0.29, 0.717) is 6.54 Å². The number of aryl methyl sites for hydroxylation is 2. The summed E-state index contributed by atoms with van der Waals surface area (Å²) >= 11 is 0. The summed E-state index contributed by atoms with van der Waals surface area (Å²) in [6.45, 7) is 6.80. The normalized spacial score (nSPS) is 25.4. The summed E-state index contributed by atoms with van der Waals surface area (Å²) in [5.74, 6) is 0.846. The maximum Gasteiger partial charge on any atom is 0.226 e. The molecule has 4 heterocycles. The van der Waals surface area contributed by atoms with Gasteiger partial charge in [-0.15, -0.1) is 0 Å². The predicted molar refractivity (Wildman–Crippen MR) is 94.1 cm³/mol. The van der Waals surface area contributed by atoms with Crippen LogP contribution in [0.15, 0.2) is 29.0 Å². The fraction of sp³-hybridized carbons (Fsp3) is 0.526. The van der Waals surface area contributed by atoms with Crippen molar-refractivity contribution in [1.82, 2.24) is 20.4 Å². The zero-order valence-electron chi connectivity index (χ0n) is 15.1. The van der Waals surface area contributed by atoms with E-state index in [2.05, 4.69) is 20.4 Å². The lowest BCUT2D eigenvalue weighted by Crippen LogP contribution is -2.45. The van der Waals surface area contributed by atoms with E-state index in [1.54, 1.807) is 12.4 Å². The number of pyridine rings is 1. The first kappa shape index (κ1) is 17.2. The van der Waals surface area contributed by atoms with Crippen LogP contribution in [0.1, 0.15) is 29.0 Å². The second kappa shape index (κ2) is 7.17. The van der Waals surface area contributed by atoms with Gasteiger partial charge in [-0.2, -0.15) is 0 Å². The van der Waals surface area contributed by atoms with E-state index in [1.165, 1.54) is 0 Å². The summed E-state index contributed by atoms with van der Waals surface area (Å²) in [6, 6.07) is 3.84. The number of hydrogen-bond acceptors (Lipinski definition) is 6. The molecule has 4 rings (SSSR count). The maximum atomic E-state index is 12.6. The summed E-state index contributed by atoms with van der Waals surface area (Å²) < 4.78 is 11.3. The topological polar surface area (TPSA) is 80.5 Å². The van der Waals surface area contributed by atoms with Crippen molar-refractivity contribution in [3.8, 4) is 0 Å². The minimum atomic E-state index is -0.0914. The minimum Gasteiger partial charge on any atom is -0.371 e. The first-order chi connectivity index (χ1) is 12.6. The number of carbonyl (C=O) groups is 1. The van der Waals surface area contributed by atoms with Gasteiger partial charge in [0, 0.05) is 44.1 Å². The fourth-order valence-corrected chi connectivity index (χ4v) is 3.92. The molecule has 2 fully saturated rings. The van der Waals surface area contributed by atoms with Crippen LogP contribution in [-0.4, -0.2) is 46.2 Å². The lowest BCUT2D eigenvalue weighted by molar-refractivity contribution is -0.128. The van der Waals surface area contributed by atoms with E-state index in [1.807, 2.05) is 26.0 Å². The Hall–Kier alpha value is -2.25. The molecule has 2 aliphatic rings. The summed E-state index contributed by atoms with van der Waals surface area (Å²) in [4.78, 5) is 19.1. The molecule has 2 bridgehead atoms. The van der Waals surface area contributed by atoms with Crippen molar-refractivity contribution in [2.75, 3.05) is 13.1 Å². The van der Waals surface area contributed by atoms with Gasteiger partial charge < -0.3 is 14.6 Å². The highest BCUT2D eigenvalue weighted by molar-refractivity contribution is 5.79. The number of fused-ring (bicyclic) bond motifs is 2. The second-order valence-electron chi connectivity index (χ2n) is 7.21. The van der Waals surface area contributed by atoms with Crippen LogP contribution >= 0.6 is 0 Å². The number of ether oxygens (including phenoxy) is 1. The van der Waals surface area contributed by atoms with Gasteiger partial charge in [0.2, 0.25) is 5.91 Å². The zero-order chi connectivity index (χ0) is 18.1. The Morgan fingerprint density at radius 2 is 2.27 bits per heavy atom. The lowest BCUT2D eigenvalue weighted by atomic mass is 9.99. The summed E-state index contributed by atoms with van der Waals surface area (Å²) in [6.07, 6.45) is 4.34. The first-order valence-corrected chi connectivity index (χ1v) is 9.06. The van der Waals surface area contributed by atoms with Crippen molar-refractivity contribution < 1.29 is 14.1 Å². The van der Waals surface area contributed by atoms with Gasteiger partial charge in [-0.3, -0.25) is 14.7 Å². The average molecular weight is 356 g/mol. The number of nitrogens with zero attached hydrogens (tertiary/aromatic N) is 3. The molecule has 0 aromatic carbocycles. The molecule has 1 amide bonds. The number of amides is 1. The molecule has 138 valence electrons. The monoisotopic (exact) mass is 356 g/mol. The highest BCUT2D eigenvalue weighted by Gasteiger charge is 2.44. The Labute approximate surface area is 152 Å². The molecule has 0 aliphatic carbocycles. The third-order valence-corrected chi connectivity index (χ3v) is 5.32. The predicted octanol–water partition coefficient (Wildman–Crippen LogP) is 1.59. The number of hydrogen-bond donors (Lipinski definition) is 1. The SMILES string of the molecule is Cc1noc(C)c1CN1C[C@H]2C[C@H](C(=O)NCc3cccnc3)[C@@H](C1)O2. The molecule has 1 N–H and O–H groups in total. The molecule has 0 spiro atoms. The zero-order valence-corrected chi connectivity index (χ0v) is 15.1. The average Bonchev–Trinajstić information content (AvgIpc) is 3.13. The Bertz CT molecular complexity index is 757. The number of carbonyl (C=O) groups excluding carboxylic acids is 1. The van der Waals surface area contributed by atoms with E-state index in [9.17, 15) is 4.79 Å². The largest absolute Gasteiger partial charge is 0.371 e. The van der Waals surface area contributed by atoms with E-state index in [-0.39, 0.29) is 24.0 Å². The van der Waals surface area contributed by atoms with E-state index in [4.69, 9.17) is 9.26 Å². The third-order valence-electron chi connectivity index (χ3n) is 5.32. The van der Waals surface area contributed by atoms with Crippen LogP contribution in [0.5, 0.6) is 0 Å². The van der Waals surface area contributed by atoms with Crippen molar-refractivity contribution in [1.29, 1.82) is 0 Å². The van der Waals surface area contributed by atoms with Gasteiger partial charge in [-0.25, -0.2) is 0 Å². The van der Waals surface area contributed by atoms with Crippen LogP contribution in [0.2, 0.25) is 0 Å². The standard InChI is InChI=1S/C19H24N4O3/c1-12-17(13(2)26-22-12)10-23-9-15-6-16(18(11-23)25-15)19(24)21-8-14-4-3-5-20-7-14/h3-5,7,15-16,18H,6,8-11H2,1-2H3,(H,21,24)/t15-,16+,18-/m1/s1. The summed E-state index contributed by atoms with van der Waals surface area (Å²) in [7, 11) is 0. The molecule has 0 unspecified atom stereocenters. The van der Waals surface area contributed by atoms with Crippen LogP contribution in [0.4, 0.5) is 0 Å². The fourth-order valence-electron chi connectivity index (χ4n) is 3.92. The molecule has 2 aliphatic heterocycles. The Morgan fingerprint density at radius 1 is 1.38 bits per heavy atom. The molecule has 0 saturated carbocycles. The molecular formula is C19H24N4O3. The van der Waals surface area contributed by atoms with Gasteiger partial charge in [-0.1, -0.05) is 11.2 Å². The first-order valence-electron chi connectivity index (χ1n) is 9.06. The van der Waals surface area contributed by atoms with Crippen LogP contribution in [0.3, 0.4) is 0 Å². The van der Waals surface area contributed by atoms with Gasteiger partial charge in [-0.05, 0) is 31.9 Å². The van der Waals surface area contributed by atoms with Crippen molar-refractivity contribution in [3.05, 3.63) is 47.1 Å². The minimum absolute atomic E-state index is 0.0527. The number of rotatable bonds is 5. The van der Waals surface area contributed by atoms with E-state index >= 15 is 0 Å². The molecule has 2 aromatic heterocycles. The smallest absolute Gasteiger partial charge is 0.226 e. The van der Waals surface area contributed by atoms with Gasteiger partial charge in [0.25, 0.3) is 0 Å². The Balaban J connectivity index is 1.35. The van der Waals surface area contributed by atoms with Gasteiger partial charge in [0.05, 0.1) is 23.8 Å². The molecule has 7 nitrogen and oxygen atoms in total. The molecule has 2 aromatic rings. The van der Waals surface area contributed by atoms with Crippen LogP contribution in [-0.2, 0) is 22.6 Å². The van der Waals surface area contributed by atoms with Gasteiger partial charge in [0.1, 0.15) is 5.76 Å². The molecule has 3 atom stereocenters. The molecule has 2 saturated heterocycles. The second-order valence-corrected chi connectivity index (χ2v) is 7.21. The van der Waals surface area contributed by atoms with Crippen molar-refractivity contribution in [3.63, 3.8) is 0 Å². The van der Waals surface area contributed by atoms with Crippen molar-refractivity contribution in [2.24, 2.45) is 5.92 Å². The highest BCUT2D eigenvalue weighted by Crippen LogP contribution is 2.33. The van der Waals surface area contributed by atoms with Crippen LogP contribution < -0.4 is 5.32 Å². The van der Waals surface area contributed by atoms with Crippen LogP contribution in [0.25, 0.3) is 0 Å². The molecular weight excluding hydrogens is 332 g/mol. The highest BCUT2D eigenvalue weighted by atomic mass is 16.5.